The van der Waals surface area contributed by atoms with Gasteiger partial charge in [0.15, 0.2) is 0 Å². The summed E-state index contributed by atoms with van der Waals surface area (Å²) in [5.74, 6) is 0.109. The summed E-state index contributed by atoms with van der Waals surface area (Å²) in [5, 5.41) is 6.89. The SMILES string of the molecule is Cn1nc(NCCN2CCN(c3cccc(C(F)(F)F)c3)CC2)c(=O)n(C)c1=O. The van der Waals surface area contributed by atoms with Crippen LogP contribution < -0.4 is 21.5 Å². The zero-order valence-electron chi connectivity index (χ0n) is 16.2. The number of hydrogen-bond donors (Lipinski definition) is 1. The van der Waals surface area contributed by atoms with E-state index >= 15 is 0 Å². The predicted octanol–water partition coefficient (Wildman–Crippen LogP) is 0.732. The maximum absolute atomic E-state index is 12.9. The van der Waals surface area contributed by atoms with Crippen molar-refractivity contribution in [1.29, 1.82) is 0 Å². The van der Waals surface area contributed by atoms with Crippen molar-refractivity contribution in [3.63, 3.8) is 0 Å². The number of aryl methyl sites for hydroxylation is 1. The number of benzene rings is 1. The van der Waals surface area contributed by atoms with E-state index in [-0.39, 0.29) is 5.82 Å². The lowest BCUT2D eigenvalue weighted by Crippen LogP contribution is -2.48. The number of aromatic nitrogens is 3. The second-order valence-electron chi connectivity index (χ2n) is 6.92. The fraction of sp³-hybridized carbons (Fsp3) is 0.500. The fourth-order valence-electron chi connectivity index (χ4n) is 3.25. The summed E-state index contributed by atoms with van der Waals surface area (Å²) in [6.45, 7) is 3.71. The van der Waals surface area contributed by atoms with Gasteiger partial charge in [-0.3, -0.25) is 14.3 Å². The summed E-state index contributed by atoms with van der Waals surface area (Å²) in [6, 6.07) is 5.37. The Balaban J connectivity index is 1.52. The van der Waals surface area contributed by atoms with E-state index in [2.05, 4.69) is 15.3 Å². The zero-order valence-corrected chi connectivity index (χ0v) is 16.2. The molecule has 0 atom stereocenters. The lowest BCUT2D eigenvalue weighted by atomic mass is 10.1. The number of piperazine rings is 1. The molecule has 29 heavy (non-hydrogen) atoms. The van der Waals surface area contributed by atoms with Gasteiger partial charge in [-0.05, 0) is 18.2 Å². The lowest BCUT2D eigenvalue weighted by molar-refractivity contribution is -0.137. The minimum absolute atomic E-state index is 0.109. The van der Waals surface area contributed by atoms with Crippen LogP contribution in [0.5, 0.6) is 0 Å². The topological polar surface area (TPSA) is 75.4 Å². The molecule has 0 spiro atoms. The normalized spacial score (nSPS) is 15.6. The third-order valence-corrected chi connectivity index (χ3v) is 4.95. The molecule has 0 bridgehead atoms. The van der Waals surface area contributed by atoms with Crippen molar-refractivity contribution in [2.45, 2.75) is 6.18 Å². The summed E-state index contributed by atoms with van der Waals surface area (Å²) < 4.78 is 40.8. The monoisotopic (exact) mass is 412 g/mol. The maximum Gasteiger partial charge on any atom is 0.416 e. The minimum atomic E-state index is -4.35. The van der Waals surface area contributed by atoms with Gasteiger partial charge in [0, 0.05) is 59.1 Å². The van der Waals surface area contributed by atoms with E-state index in [4.69, 9.17) is 0 Å². The molecule has 1 aromatic heterocycles. The van der Waals surface area contributed by atoms with E-state index < -0.39 is 23.0 Å². The van der Waals surface area contributed by atoms with E-state index in [0.717, 1.165) is 15.3 Å². The third kappa shape index (κ3) is 4.78. The summed E-state index contributed by atoms with van der Waals surface area (Å²) in [6.07, 6.45) is -4.35. The first-order valence-electron chi connectivity index (χ1n) is 9.19. The molecule has 2 heterocycles. The van der Waals surface area contributed by atoms with E-state index in [1.807, 2.05) is 4.90 Å². The Kier molecular flexibility index (Phi) is 5.96. The highest BCUT2D eigenvalue weighted by atomic mass is 19.4. The van der Waals surface area contributed by atoms with Crippen LogP contribution in [0.15, 0.2) is 33.9 Å². The zero-order chi connectivity index (χ0) is 21.2. The largest absolute Gasteiger partial charge is 0.416 e. The average molecular weight is 412 g/mol. The number of rotatable bonds is 5. The second kappa shape index (κ2) is 8.27. The van der Waals surface area contributed by atoms with Crippen molar-refractivity contribution in [2.24, 2.45) is 14.1 Å². The second-order valence-corrected chi connectivity index (χ2v) is 6.92. The smallest absolute Gasteiger partial charge is 0.369 e. The van der Waals surface area contributed by atoms with Crippen LogP contribution in [0, 0.1) is 0 Å². The highest BCUT2D eigenvalue weighted by Crippen LogP contribution is 2.31. The summed E-state index contributed by atoms with van der Waals surface area (Å²) >= 11 is 0. The van der Waals surface area contributed by atoms with Crippen LogP contribution in [0.2, 0.25) is 0 Å². The molecule has 1 aliphatic rings. The van der Waals surface area contributed by atoms with Crippen LogP contribution in [0.1, 0.15) is 5.56 Å². The number of hydrogen-bond acceptors (Lipinski definition) is 6. The van der Waals surface area contributed by atoms with Crippen molar-refractivity contribution in [3.05, 3.63) is 50.7 Å². The highest BCUT2D eigenvalue weighted by molar-refractivity contribution is 5.49. The molecule has 0 saturated carbocycles. The van der Waals surface area contributed by atoms with Gasteiger partial charge in [-0.25, -0.2) is 9.48 Å². The van der Waals surface area contributed by atoms with Crippen molar-refractivity contribution in [1.82, 2.24) is 19.2 Å². The molecule has 8 nitrogen and oxygen atoms in total. The summed E-state index contributed by atoms with van der Waals surface area (Å²) in [4.78, 5) is 27.8. The van der Waals surface area contributed by atoms with Crippen LogP contribution in [0.25, 0.3) is 0 Å². The predicted molar refractivity (Wildman–Crippen MR) is 103 cm³/mol. The number of nitrogens with one attached hydrogen (secondary N) is 1. The Morgan fingerprint density at radius 3 is 2.45 bits per heavy atom. The molecule has 11 heteroatoms. The Labute approximate surface area is 165 Å². The van der Waals surface area contributed by atoms with Gasteiger partial charge in [0.1, 0.15) is 0 Å². The molecule has 1 N–H and O–H groups in total. The lowest BCUT2D eigenvalue weighted by Gasteiger charge is -2.36. The van der Waals surface area contributed by atoms with Crippen molar-refractivity contribution in [2.75, 3.05) is 49.5 Å². The van der Waals surface area contributed by atoms with E-state index in [1.165, 1.54) is 26.2 Å². The standard InChI is InChI=1S/C18H23F3N6O2/c1-24-16(28)15(23-25(2)17(24)29)22-6-7-26-8-10-27(11-9-26)14-5-3-4-13(12-14)18(19,20)21/h3-5,12H,6-11H2,1-2H3,(H,22,23). The number of nitrogens with zero attached hydrogens (tertiary/aromatic N) is 5. The minimum Gasteiger partial charge on any atom is -0.369 e. The first-order valence-corrected chi connectivity index (χ1v) is 9.19. The van der Waals surface area contributed by atoms with Gasteiger partial charge in [-0.1, -0.05) is 6.07 Å². The van der Waals surface area contributed by atoms with Gasteiger partial charge >= 0.3 is 11.9 Å². The van der Waals surface area contributed by atoms with Crippen molar-refractivity contribution in [3.8, 4) is 0 Å². The fourth-order valence-corrected chi connectivity index (χ4v) is 3.25. The molecule has 0 aliphatic carbocycles. The molecule has 0 amide bonds. The summed E-state index contributed by atoms with van der Waals surface area (Å²) in [7, 11) is 2.87. The summed E-state index contributed by atoms with van der Waals surface area (Å²) in [5.41, 5.74) is -1.06. The highest BCUT2D eigenvalue weighted by Gasteiger charge is 2.31. The van der Waals surface area contributed by atoms with Crippen LogP contribution >= 0.6 is 0 Å². The van der Waals surface area contributed by atoms with E-state index in [9.17, 15) is 22.8 Å². The Hall–Kier alpha value is -2.82. The van der Waals surface area contributed by atoms with Crippen LogP contribution in [0.4, 0.5) is 24.7 Å². The van der Waals surface area contributed by atoms with E-state index in [1.54, 1.807) is 6.07 Å². The van der Waals surface area contributed by atoms with Crippen LogP contribution in [-0.2, 0) is 20.3 Å². The maximum atomic E-state index is 12.9. The molecule has 0 unspecified atom stereocenters. The number of anilines is 2. The third-order valence-electron chi connectivity index (χ3n) is 4.95. The molecule has 158 valence electrons. The first kappa shape index (κ1) is 20.9. The molecule has 1 saturated heterocycles. The van der Waals surface area contributed by atoms with Gasteiger partial charge < -0.3 is 10.2 Å². The van der Waals surface area contributed by atoms with Gasteiger partial charge in [-0.2, -0.15) is 13.2 Å². The molecule has 1 aliphatic heterocycles. The van der Waals surface area contributed by atoms with E-state index in [0.29, 0.717) is 45.0 Å². The number of alkyl halides is 3. The van der Waals surface area contributed by atoms with Gasteiger partial charge in [0.05, 0.1) is 5.56 Å². The Bertz CT molecular complexity index is 977. The molecule has 2 aromatic rings. The van der Waals surface area contributed by atoms with Crippen LogP contribution in [0.3, 0.4) is 0 Å². The molecular weight excluding hydrogens is 389 g/mol. The van der Waals surface area contributed by atoms with Gasteiger partial charge in [0.25, 0.3) is 5.56 Å². The quantitative estimate of drug-likeness (QED) is 0.781. The first-order chi connectivity index (χ1) is 13.7. The number of halogens is 3. The van der Waals surface area contributed by atoms with Crippen molar-refractivity contribution < 1.29 is 13.2 Å². The molecule has 0 radical (unpaired) electrons. The molecular formula is C18H23F3N6O2. The van der Waals surface area contributed by atoms with Crippen LogP contribution in [-0.4, -0.2) is 58.5 Å². The van der Waals surface area contributed by atoms with Crippen molar-refractivity contribution >= 4 is 11.5 Å². The van der Waals surface area contributed by atoms with Gasteiger partial charge in [0.2, 0.25) is 5.82 Å². The van der Waals surface area contributed by atoms with Gasteiger partial charge in [-0.15, -0.1) is 5.10 Å². The molecule has 1 fully saturated rings. The Morgan fingerprint density at radius 1 is 1.10 bits per heavy atom. The Morgan fingerprint density at radius 2 is 1.79 bits per heavy atom. The average Bonchev–Trinajstić information content (AvgIpc) is 2.70. The molecule has 1 aromatic carbocycles. The molecule has 3 rings (SSSR count).